The Hall–Kier alpha value is -6.44. The van der Waals surface area contributed by atoms with Crippen molar-refractivity contribution in [2.45, 2.75) is 58.0 Å². The zero-order valence-corrected chi connectivity index (χ0v) is 33.5. The third kappa shape index (κ3) is 8.57. The van der Waals surface area contributed by atoms with Crippen LogP contribution >= 0.6 is 23.2 Å². The molecule has 0 aliphatic carbocycles. The highest BCUT2D eigenvalue weighted by atomic mass is 35.5. The molecule has 0 saturated carbocycles. The molecule has 0 saturated heterocycles. The van der Waals surface area contributed by atoms with Crippen molar-refractivity contribution in [1.82, 2.24) is 30.4 Å². The topological polar surface area (TPSA) is 169 Å². The van der Waals surface area contributed by atoms with Crippen molar-refractivity contribution in [1.29, 1.82) is 0 Å². The third-order valence-electron chi connectivity index (χ3n) is 10.7. The number of aromatic amines is 1. The van der Waals surface area contributed by atoms with E-state index in [2.05, 4.69) is 25.5 Å². The number of rotatable bonds is 11. The van der Waals surface area contributed by atoms with Gasteiger partial charge in [-0.2, -0.15) is 5.10 Å². The second-order valence-electron chi connectivity index (χ2n) is 14.4. The molecule has 0 spiro atoms. The fourth-order valence-corrected chi connectivity index (χ4v) is 7.58. The van der Waals surface area contributed by atoms with Crippen molar-refractivity contribution in [3.63, 3.8) is 0 Å². The number of aromatic nitrogens is 4. The minimum absolute atomic E-state index is 0.0201. The SMILES string of the molecule is Cc1nccc(-c2ccc(CC(NC(=O)C3Cc4cc5c(cc4CN3C(=O)c3ncn[nH]3)OC(c3ccc(OCc4ccc(Cl)c(Cl)c4)cc3)CO5)C(=O)O)cc2)c1C. The summed E-state index contributed by atoms with van der Waals surface area (Å²) in [7, 11) is 0. The zero-order valence-electron chi connectivity index (χ0n) is 31.9. The Bertz CT molecular complexity index is 2530. The summed E-state index contributed by atoms with van der Waals surface area (Å²) in [4.78, 5) is 50.1. The van der Waals surface area contributed by atoms with Gasteiger partial charge in [-0.15, -0.1) is 0 Å². The van der Waals surface area contributed by atoms with Gasteiger partial charge in [-0.1, -0.05) is 65.7 Å². The van der Waals surface area contributed by atoms with Crippen LogP contribution in [-0.4, -0.2) is 66.6 Å². The number of carbonyl (C=O) groups is 3. The van der Waals surface area contributed by atoms with Crippen LogP contribution in [0.3, 0.4) is 0 Å². The van der Waals surface area contributed by atoms with Crippen molar-refractivity contribution >= 4 is 41.0 Å². The second-order valence-corrected chi connectivity index (χ2v) is 15.3. The average Bonchev–Trinajstić information content (AvgIpc) is 3.79. The summed E-state index contributed by atoms with van der Waals surface area (Å²) in [5, 5.41) is 20.3. The summed E-state index contributed by atoms with van der Waals surface area (Å²) < 4.78 is 18.6. The molecule has 0 radical (unpaired) electrons. The maximum atomic E-state index is 14.1. The van der Waals surface area contributed by atoms with Gasteiger partial charge in [0, 0.05) is 31.3 Å². The molecule has 3 atom stereocenters. The van der Waals surface area contributed by atoms with E-state index in [0.29, 0.717) is 33.9 Å². The van der Waals surface area contributed by atoms with E-state index in [-0.39, 0.29) is 31.8 Å². The molecule has 13 nitrogen and oxygen atoms in total. The molecule has 3 unspecified atom stereocenters. The van der Waals surface area contributed by atoms with Crippen LogP contribution in [0.2, 0.25) is 10.0 Å². The third-order valence-corrected chi connectivity index (χ3v) is 11.4. The molecule has 0 bridgehead atoms. The van der Waals surface area contributed by atoms with Crippen molar-refractivity contribution in [2.75, 3.05) is 6.61 Å². The van der Waals surface area contributed by atoms with Crippen LogP contribution in [0.1, 0.15) is 55.8 Å². The first-order valence-electron chi connectivity index (χ1n) is 18.8. The molecule has 4 aromatic carbocycles. The molecule has 0 fully saturated rings. The number of amides is 2. The van der Waals surface area contributed by atoms with E-state index in [1.165, 1.54) is 11.2 Å². The first-order chi connectivity index (χ1) is 28.5. The van der Waals surface area contributed by atoms with Gasteiger partial charge < -0.3 is 29.5 Å². The van der Waals surface area contributed by atoms with Gasteiger partial charge in [0.25, 0.3) is 5.91 Å². The maximum Gasteiger partial charge on any atom is 0.326 e. The van der Waals surface area contributed by atoms with Gasteiger partial charge in [0.2, 0.25) is 11.7 Å². The number of H-pyrrole nitrogens is 1. The molecule has 6 aromatic rings. The molecule has 3 N–H and O–H groups in total. The van der Waals surface area contributed by atoms with Crippen molar-refractivity contribution in [2.24, 2.45) is 0 Å². The summed E-state index contributed by atoms with van der Waals surface area (Å²) in [6.45, 7) is 4.53. The van der Waals surface area contributed by atoms with E-state index >= 15 is 0 Å². The number of nitrogens with one attached hydrogen (secondary N) is 2. The molecule has 4 heterocycles. The van der Waals surface area contributed by atoms with Crippen molar-refractivity contribution in [3.8, 4) is 28.4 Å². The van der Waals surface area contributed by atoms with E-state index in [4.69, 9.17) is 37.4 Å². The number of carbonyl (C=O) groups excluding carboxylic acids is 2. The van der Waals surface area contributed by atoms with E-state index in [1.807, 2.05) is 86.6 Å². The first-order valence-corrected chi connectivity index (χ1v) is 19.6. The van der Waals surface area contributed by atoms with Gasteiger partial charge in [0.15, 0.2) is 17.6 Å². The van der Waals surface area contributed by atoms with E-state index < -0.39 is 36.0 Å². The Morgan fingerprint density at radius 3 is 2.42 bits per heavy atom. The lowest BCUT2D eigenvalue weighted by atomic mass is 9.92. The lowest BCUT2D eigenvalue weighted by molar-refractivity contribution is -0.142. The number of aryl methyl sites for hydroxylation is 1. The summed E-state index contributed by atoms with van der Waals surface area (Å²) in [5.74, 6) is -0.784. The number of ether oxygens (including phenoxy) is 3. The number of pyridine rings is 1. The fourth-order valence-electron chi connectivity index (χ4n) is 7.26. The molecule has 2 amide bonds. The lowest BCUT2D eigenvalue weighted by Gasteiger charge is -2.37. The summed E-state index contributed by atoms with van der Waals surface area (Å²) >= 11 is 12.2. The van der Waals surface area contributed by atoms with Gasteiger partial charge in [-0.25, -0.2) is 9.78 Å². The highest BCUT2D eigenvalue weighted by Crippen LogP contribution is 2.41. The molecule has 15 heteroatoms. The van der Waals surface area contributed by atoms with Crippen LogP contribution in [0.25, 0.3) is 11.1 Å². The number of halogens is 2. The highest BCUT2D eigenvalue weighted by Gasteiger charge is 2.39. The Morgan fingerprint density at radius 1 is 0.932 bits per heavy atom. The quantitative estimate of drug-likeness (QED) is 0.121. The van der Waals surface area contributed by atoms with Crippen LogP contribution in [0.4, 0.5) is 0 Å². The number of hydrogen-bond acceptors (Lipinski definition) is 9. The number of nitrogens with zero attached hydrogens (tertiary/aromatic N) is 4. The minimum Gasteiger partial charge on any atom is -0.489 e. The number of hydrogen-bond donors (Lipinski definition) is 3. The largest absolute Gasteiger partial charge is 0.489 e. The van der Waals surface area contributed by atoms with Crippen LogP contribution in [0.5, 0.6) is 17.2 Å². The van der Waals surface area contributed by atoms with Crippen molar-refractivity contribution in [3.05, 3.63) is 152 Å². The van der Waals surface area contributed by atoms with E-state index in [1.54, 1.807) is 18.3 Å². The number of benzene rings is 4. The van der Waals surface area contributed by atoms with Gasteiger partial charge >= 0.3 is 5.97 Å². The smallest absolute Gasteiger partial charge is 0.326 e. The number of carboxylic acid groups (broad SMARTS) is 1. The standard InChI is InChI=1S/C44H38Cl2N6O7/c1-24-25(2)47-14-13-33(24)28-6-3-26(4-7-28)16-36(44(55)56)50-42(53)37-17-30-18-38-39(19-31(30)20-52(37)43(54)41-48-23-49-51-41)59-40(22-58-38)29-8-10-32(11-9-29)57-21-27-5-12-34(45)35(46)15-27/h3-15,18-19,23,36-37,40H,16-17,20-22H2,1-2H3,(H,50,53)(H,55,56)(H,48,49,51). The molecule has 2 aliphatic heterocycles. The molecule has 8 rings (SSSR count). The molecular weight excluding hydrogens is 795 g/mol. The Labute approximate surface area is 349 Å². The Kier molecular flexibility index (Phi) is 11.2. The zero-order chi connectivity index (χ0) is 41.2. The summed E-state index contributed by atoms with van der Waals surface area (Å²) in [6, 6.07) is 23.7. The fraction of sp³-hybridized carbons (Fsp3) is 0.227. The van der Waals surface area contributed by atoms with Crippen molar-refractivity contribution < 1.29 is 33.7 Å². The number of carboxylic acids is 1. The average molecular weight is 834 g/mol. The summed E-state index contributed by atoms with van der Waals surface area (Å²) in [5.41, 5.74) is 7.98. The Balaban J connectivity index is 0.970. The molecule has 2 aromatic heterocycles. The maximum absolute atomic E-state index is 14.1. The van der Waals surface area contributed by atoms with Crippen LogP contribution in [0, 0.1) is 13.8 Å². The van der Waals surface area contributed by atoms with Gasteiger partial charge in [0.05, 0.1) is 10.0 Å². The van der Waals surface area contributed by atoms with Gasteiger partial charge in [0.1, 0.15) is 37.4 Å². The lowest BCUT2D eigenvalue weighted by Crippen LogP contribution is -2.56. The van der Waals surface area contributed by atoms with Crippen LogP contribution in [0.15, 0.2) is 97.5 Å². The van der Waals surface area contributed by atoms with Gasteiger partial charge in [-0.3, -0.25) is 19.7 Å². The highest BCUT2D eigenvalue weighted by molar-refractivity contribution is 6.42. The molecule has 300 valence electrons. The molecular formula is C44H38Cl2N6O7. The second kappa shape index (κ2) is 16.8. The molecule has 2 aliphatic rings. The number of fused-ring (bicyclic) bond motifs is 2. The van der Waals surface area contributed by atoms with E-state index in [9.17, 15) is 19.5 Å². The predicted molar refractivity (Wildman–Crippen MR) is 219 cm³/mol. The van der Waals surface area contributed by atoms with Crippen LogP contribution < -0.4 is 19.5 Å². The monoisotopic (exact) mass is 832 g/mol. The minimum atomic E-state index is -1.26. The first kappa shape index (κ1) is 39.4. The number of aliphatic carboxylic acids is 1. The van der Waals surface area contributed by atoms with E-state index in [0.717, 1.165) is 50.2 Å². The summed E-state index contributed by atoms with van der Waals surface area (Å²) in [6.07, 6.45) is 2.67. The van der Waals surface area contributed by atoms with Crippen LogP contribution in [-0.2, 0) is 35.6 Å². The Morgan fingerprint density at radius 2 is 1.69 bits per heavy atom. The predicted octanol–water partition coefficient (Wildman–Crippen LogP) is 7.26. The molecule has 59 heavy (non-hydrogen) atoms. The normalized spacial score (nSPS) is 16.2. The van der Waals surface area contributed by atoms with Gasteiger partial charge in [-0.05, 0) is 101 Å².